The second-order valence-electron chi connectivity index (χ2n) is 5.32. The molecular weight excluding hydrogens is 256 g/mol. The first-order valence-electron chi connectivity index (χ1n) is 8.15. The van der Waals surface area contributed by atoms with Crippen molar-refractivity contribution in [2.45, 2.75) is 71.8 Å². The molecule has 0 aliphatic heterocycles. The molecule has 19 heavy (non-hydrogen) atoms. The molecule has 0 N–H and O–H groups in total. The van der Waals surface area contributed by atoms with Crippen LogP contribution >= 0.6 is 0 Å². The van der Waals surface area contributed by atoms with Crippen LogP contribution in [0.4, 0.5) is 0 Å². The summed E-state index contributed by atoms with van der Waals surface area (Å²) in [7, 11) is -2.51. The minimum atomic E-state index is -2.51. The van der Waals surface area contributed by atoms with Crippen molar-refractivity contribution in [3.63, 3.8) is 0 Å². The second-order valence-corrected chi connectivity index (χ2v) is 8.13. The summed E-state index contributed by atoms with van der Waals surface area (Å²) in [6, 6.07) is 0. The van der Waals surface area contributed by atoms with E-state index in [9.17, 15) is 0 Å². The maximum absolute atomic E-state index is 6.11. The summed E-state index contributed by atoms with van der Waals surface area (Å²) in [5.74, 6) is 0.732. The number of hydrogen-bond donors (Lipinski definition) is 0. The van der Waals surface area contributed by atoms with Crippen LogP contribution in [0.3, 0.4) is 0 Å². The Kier molecular flexibility index (Phi) is 8.22. The topological polar surface area (TPSA) is 27.7 Å². The zero-order valence-electron chi connectivity index (χ0n) is 13.2. The van der Waals surface area contributed by atoms with E-state index in [0.717, 1.165) is 12.3 Å². The summed E-state index contributed by atoms with van der Waals surface area (Å²) < 4.78 is 18.3. The van der Waals surface area contributed by atoms with Crippen LogP contribution in [0.5, 0.6) is 0 Å². The summed E-state index contributed by atoms with van der Waals surface area (Å²) in [6.45, 7) is 10.5. The standard InChI is InChI=1S/C15H32O3Si/c1-5-15(14-12-10-9-11-13-14)19(16-6-2,17-7-3)18-8-4/h14-15H,5-13H2,1-4H3. The average Bonchev–Trinajstić information content (AvgIpc) is 2.41. The fourth-order valence-corrected chi connectivity index (χ4v) is 6.97. The van der Waals surface area contributed by atoms with E-state index in [1.165, 1.54) is 32.1 Å². The van der Waals surface area contributed by atoms with Crippen molar-refractivity contribution in [1.29, 1.82) is 0 Å². The molecule has 0 aromatic rings. The van der Waals surface area contributed by atoms with Gasteiger partial charge in [0.25, 0.3) is 0 Å². The fourth-order valence-electron chi connectivity index (χ4n) is 3.46. The molecule has 0 saturated heterocycles. The molecule has 0 amide bonds. The summed E-state index contributed by atoms with van der Waals surface area (Å²) in [4.78, 5) is 0. The van der Waals surface area contributed by atoms with Gasteiger partial charge in [-0.05, 0) is 33.1 Å². The molecule has 3 nitrogen and oxygen atoms in total. The molecule has 1 atom stereocenters. The highest BCUT2D eigenvalue weighted by Crippen LogP contribution is 2.42. The zero-order valence-corrected chi connectivity index (χ0v) is 14.2. The number of hydrogen-bond acceptors (Lipinski definition) is 3. The van der Waals surface area contributed by atoms with Crippen LogP contribution in [-0.4, -0.2) is 28.6 Å². The predicted octanol–water partition coefficient (Wildman–Crippen LogP) is 4.40. The van der Waals surface area contributed by atoms with Crippen molar-refractivity contribution < 1.29 is 13.3 Å². The Balaban J connectivity index is 2.87. The molecule has 1 saturated carbocycles. The molecular formula is C15H32O3Si. The maximum Gasteiger partial charge on any atom is 0.504 e. The van der Waals surface area contributed by atoms with E-state index in [-0.39, 0.29) is 0 Å². The molecule has 0 aromatic heterocycles. The molecule has 0 aromatic carbocycles. The lowest BCUT2D eigenvalue weighted by Gasteiger charge is -2.40. The molecule has 0 heterocycles. The minimum Gasteiger partial charge on any atom is -0.374 e. The van der Waals surface area contributed by atoms with E-state index in [4.69, 9.17) is 13.3 Å². The van der Waals surface area contributed by atoms with Crippen LogP contribution < -0.4 is 0 Å². The van der Waals surface area contributed by atoms with Crippen LogP contribution in [0.15, 0.2) is 0 Å². The van der Waals surface area contributed by atoms with E-state index in [1.54, 1.807) is 0 Å². The lowest BCUT2D eigenvalue weighted by Crippen LogP contribution is -2.52. The Morgan fingerprint density at radius 3 is 1.68 bits per heavy atom. The molecule has 1 aliphatic carbocycles. The first-order valence-corrected chi connectivity index (χ1v) is 9.96. The van der Waals surface area contributed by atoms with Crippen molar-refractivity contribution in [1.82, 2.24) is 0 Å². The fraction of sp³-hybridized carbons (Fsp3) is 1.00. The highest BCUT2D eigenvalue weighted by atomic mass is 28.4. The lowest BCUT2D eigenvalue weighted by molar-refractivity contribution is 0.0496. The van der Waals surface area contributed by atoms with E-state index in [1.807, 2.05) is 20.8 Å². The molecule has 0 bridgehead atoms. The molecule has 114 valence electrons. The Bertz CT molecular complexity index is 212. The second kappa shape index (κ2) is 9.11. The van der Waals surface area contributed by atoms with Crippen LogP contribution in [0, 0.1) is 5.92 Å². The van der Waals surface area contributed by atoms with Crippen LogP contribution in [0.25, 0.3) is 0 Å². The minimum absolute atomic E-state index is 0.479. The van der Waals surface area contributed by atoms with Gasteiger partial charge in [-0.25, -0.2) is 0 Å². The van der Waals surface area contributed by atoms with E-state index < -0.39 is 8.80 Å². The van der Waals surface area contributed by atoms with E-state index in [0.29, 0.717) is 25.4 Å². The largest absolute Gasteiger partial charge is 0.504 e. The average molecular weight is 289 g/mol. The van der Waals surface area contributed by atoms with Crippen LogP contribution in [0.2, 0.25) is 5.54 Å². The third-order valence-electron chi connectivity index (χ3n) is 4.15. The summed E-state index contributed by atoms with van der Waals surface area (Å²) in [6.07, 6.45) is 7.85. The molecule has 0 spiro atoms. The Morgan fingerprint density at radius 1 is 0.842 bits per heavy atom. The van der Waals surface area contributed by atoms with Crippen molar-refractivity contribution in [2.75, 3.05) is 19.8 Å². The molecule has 1 aliphatic rings. The van der Waals surface area contributed by atoms with E-state index in [2.05, 4.69) is 6.92 Å². The van der Waals surface area contributed by atoms with Gasteiger partial charge in [0, 0.05) is 25.4 Å². The first kappa shape index (κ1) is 17.1. The van der Waals surface area contributed by atoms with Crippen molar-refractivity contribution in [3.05, 3.63) is 0 Å². The molecule has 1 fully saturated rings. The molecule has 1 rings (SSSR count). The van der Waals surface area contributed by atoms with Gasteiger partial charge in [0.15, 0.2) is 0 Å². The van der Waals surface area contributed by atoms with Gasteiger partial charge >= 0.3 is 8.80 Å². The van der Waals surface area contributed by atoms with E-state index >= 15 is 0 Å². The summed E-state index contributed by atoms with van der Waals surface area (Å²) in [5, 5.41) is 0. The lowest BCUT2D eigenvalue weighted by atomic mass is 9.86. The van der Waals surface area contributed by atoms with Gasteiger partial charge < -0.3 is 13.3 Å². The predicted molar refractivity (Wildman–Crippen MR) is 81.2 cm³/mol. The third-order valence-corrected chi connectivity index (χ3v) is 8.01. The van der Waals surface area contributed by atoms with Crippen molar-refractivity contribution >= 4 is 8.80 Å². The van der Waals surface area contributed by atoms with Gasteiger partial charge in [-0.2, -0.15) is 0 Å². The van der Waals surface area contributed by atoms with Crippen molar-refractivity contribution in [3.8, 4) is 0 Å². The molecule has 0 radical (unpaired) electrons. The van der Waals surface area contributed by atoms with Gasteiger partial charge in [0.1, 0.15) is 0 Å². The Morgan fingerprint density at radius 2 is 1.32 bits per heavy atom. The van der Waals surface area contributed by atoms with Gasteiger partial charge in [-0.1, -0.05) is 39.0 Å². The SMILES string of the molecule is CCO[Si](OCC)(OCC)C(CC)C1CCCCC1. The van der Waals surface area contributed by atoms with Gasteiger partial charge in [0.2, 0.25) is 0 Å². The summed E-state index contributed by atoms with van der Waals surface area (Å²) in [5.41, 5.74) is 0.479. The van der Waals surface area contributed by atoms with Crippen LogP contribution in [0.1, 0.15) is 66.2 Å². The monoisotopic (exact) mass is 288 g/mol. The molecule has 4 heteroatoms. The summed E-state index contributed by atoms with van der Waals surface area (Å²) >= 11 is 0. The maximum atomic E-state index is 6.11. The van der Waals surface area contributed by atoms with Gasteiger partial charge in [0.05, 0.1) is 0 Å². The Labute approximate surface area is 120 Å². The highest BCUT2D eigenvalue weighted by Gasteiger charge is 2.51. The first-order chi connectivity index (χ1) is 9.24. The third kappa shape index (κ3) is 4.55. The van der Waals surface area contributed by atoms with Crippen LogP contribution in [-0.2, 0) is 13.3 Å². The van der Waals surface area contributed by atoms with Crippen molar-refractivity contribution in [2.24, 2.45) is 5.92 Å². The smallest absolute Gasteiger partial charge is 0.374 e. The number of rotatable bonds is 9. The normalized spacial score (nSPS) is 19.6. The quantitative estimate of drug-likeness (QED) is 0.589. The highest BCUT2D eigenvalue weighted by molar-refractivity contribution is 6.62. The van der Waals surface area contributed by atoms with Gasteiger partial charge in [-0.3, -0.25) is 0 Å². The molecule has 1 unspecified atom stereocenters. The zero-order chi connectivity index (χ0) is 14.1. The Hall–Kier alpha value is 0.0969. The van der Waals surface area contributed by atoms with Gasteiger partial charge in [-0.15, -0.1) is 0 Å².